The van der Waals surface area contributed by atoms with Crippen LogP contribution in [0.3, 0.4) is 0 Å². The van der Waals surface area contributed by atoms with E-state index in [2.05, 4.69) is 28.8 Å². The van der Waals surface area contributed by atoms with Gasteiger partial charge in [-0.1, -0.05) is 0 Å². The first-order chi connectivity index (χ1) is 7.27. The predicted molar refractivity (Wildman–Crippen MR) is 69.7 cm³/mol. The molecule has 0 bridgehead atoms. The highest BCUT2D eigenvalue weighted by Gasteiger charge is 2.25. The zero-order valence-electron chi connectivity index (χ0n) is 9.06. The lowest BCUT2D eigenvalue weighted by atomic mass is 10.0. The van der Waals surface area contributed by atoms with Gasteiger partial charge in [0.15, 0.2) is 0 Å². The van der Waals surface area contributed by atoms with Gasteiger partial charge in [0, 0.05) is 30.1 Å². The first-order valence-corrected chi connectivity index (χ1v) is 7.42. The normalized spacial score (nSPS) is 25.3. The maximum absolute atomic E-state index is 6.28. The van der Waals surface area contributed by atoms with Gasteiger partial charge in [-0.2, -0.15) is 23.1 Å². The Labute approximate surface area is 99.8 Å². The maximum Gasteiger partial charge on any atom is 0.0338 e. The molecule has 2 rings (SSSR count). The Balaban J connectivity index is 1.91. The summed E-state index contributed by atoms with van der Waals surface area (Å²) >= 11 is 3.78. The van der Waals surface area contributed by atoms with Gasteiger partial charge in [0.05, 0.1) is 0 Å². The van der Waals surface area contributed by atoms with Crippen molar-refractivity contribution in [2.75, 3.05) is 25.1 Å². The van der Waals surface area contributed by atoms with Gasteiger partial charge in [-0.3, -0.25) is 0 Å². The highest BCUT2D eigenvalue weighted by Crippen LogP contribution is 2.19. The van der Waals surface area contributed by atoms with Gasteiger partial charge < -0.3 is 10.6 Å². The van der Waals surface area contributed by atoms with E-state index in [1.165, 1.54) is 23.6 Å². The van der Waals surface area contributed by atoms with Crippen molar-refractivity contribution in [2.24, 2.45) is 5.73 Å². The van der Waals surface area contributed by atoms with E-state index in [1.54, 1.807) is 11.3 Å². The molecule has 0 aromatic carbocycles. The second kappa shape index (κ2) is 5.34. The SMILES string of the molecule is CN1CCSCC1C(N)Cc1ccsc1. The Bertz CT molecular complexity index is 287. The van der Waals surface area contributed by atoms with Gasteiger partial charge in [-0.05, 0) is 35.9 Å². The lowest BCUT2D eigenvalue weighted by molar-refractivity contribution is 0.235. The van der Waals surface area contributed by atoms with Gasteiger partial charge in [0.25, 0.3) is 0 Å². The molecule has 2 nitrogen and oxygen atoms in total. The summed E-state index contributed by atoms with van der Waals surface area (Å²) in [5, 5.41) is 4.33. The van der Waals surface area contributed by atoms with Crippen molar-refractivity contribution in [2.45, 2.75) is 18.5 Å². The zero-order valence-corrected chi connectivity index (χ0v) is 10.7. The van der Waals surface area contributed by atoms with Crippen LogP contribution in [0, 0.1) is 0 Å². The van der Waals surface area contributed by atoms with Crippen molar-refractivity contribution < 1.29 is 0 Å². The smallest absolute Gasteiger partial charge is 0.0338 e. The molecule has 2 atom stereocenters. The zero-order chi connectivity index (χ0) is 10.7. The maximum atomic E-state index is 6.28. The van der Waals surface area contributed by atoms with Crippen LogP contribution in [0.1, 0.15) is 5.56 Å². The average Bonchev–Trinajstić information content (AvgIpc) is 2.71. The number of likely N-dealkylation sites (N-methyl/N-ethyl adjacent to an activating group) is 1. The molecule has 0 spiro atoms. The first kappa shape index (κ1) is 11.5. The Kier molecular flexibility index (Phi) is 4.08. The molecule has 4 heteroatoms. The van der Waals surface area contributed by atoms with E-state index < -0.39 is 0 Å². The van der Waals surface area contributed by atoms with E-state index in [9.17, 15) is 0 Å². The van der Waals surface area contributed by atoms with Gasteiger partial charge >= 0.3 is 0 Å². The highest BCUT2D eigenvalue weighted by atomic mass is 32.2. The largest absolute Gasteiger partial charge is 0.326 e. The van der Waals surface area contributed by atoms with E-state index in [0.717, 1.165) is 6.42 Å². The summed E-state index contributed by atoms with van der Waals surface area (Å²) in [6.07, 6.45) is 1.01. The quantitative estimate of drug-likeness (QED) is 0.874. The van der Waals surface area contributed by atoms with Crippen LogP contribution in [0.5, 0.6) is 0 Å². The van der Waals surface area contributed by atoms with Crippen molar-refractivity contribution in [3.05, 3.63) is 22.4 Å². The number of nitrogens with two attached hydrogens (primary N) is 1. The molecule has 2 heterocycles. The van der Waals surface area contributed by atoms with Gasteiger partial charge in [0.2, 0.25) is 0 Å². The summed E-state index contributed by atoms with van der Waals surface area (Å²) in [4.78, 5) is 2.41. The molecule has 0 radical (unpaired) electrons. The molecule has 2 unspecified atom stereocenters. The molecular weight excluding hydrogens is 224 g/mol. The Morgan fingerprint density at radius 3 is 3.20 bits per heavy atom. The lowest BCUT2D eigenvalue weighted by Gasteiger charge is -2.36. The second-order valence-corrected chi connectivity index (χ2v) is 6.05. The molecule has 1 aromatic rings. The molecule has 1 aliphatic heterocycles. The average molecular weight is 242 g/mol. The number of hydrogen-bond donors (Lipinski definition) is 1. The third kappa shape index (κ3) is 2.97. The van der Waals surface area contributed by atoms with Crippen LogP contribution in [-0.2, 0) is 6.42 Å². The van der Waals surface area contributed by atoms with Crippen molar-refractivity contribution in [1.82, 2.24) is 4.90 Å². The minimum Gasteiger partial charge on any atom is -0.326 e. The van der Waals surface area contributed by atoms with Gasteiger partial charge in [-0.25, -0.2) is 0 Å². The number of hydrogen-bond acceptors (Lipinski definition) is 4. The molecular formula is C11H18N2S2. The van der Waals surface area contributed by atoms with Crippen LogP contribution in [0.15, 0.2) is 16.8 Å². The molecule has 0 saturated carbocycles. The molecule has 84 valence electrons. The number of thiophene rings is 1. The fourth-order valence-electron chi connectivity index (χ4n) is 1.97. The summed E-state index contributed by atoms with van der Waals surface area (Å²) in [6.45, 7) is 1.17. The molecule has 1 aromatic heterocycles. The van der Waals surface area contributed by atoms with Crippen molar-refractivity contribution >= 4 is 23.1 Å². The van der Waals surface area contributed by atoms with Crippen LogP contribution in [0.25, 0.3) is 0 Å². The molecule has 15 heavy (non-hydrogen) atoms. The van der Waals surface area contributed by atoms with Crippen LogP contribution < -0.4 is 5.73 Å². The standard InChI is InChI=1S/C11H18N2S2/c1-13-3-5-15-8-11(13)10(12)6-9-2-4-14-7-9/h2,4,7,10-11H,3,5-6,8,12H2,1H3. The third-order valence-electron chi connectivity index (χ3n) is 2.99. The monoisotopic (exact) mass is 242 g/mol. The lowest BCUT2D eigenvalue weighted by Crippen LogP contribution is -2.51. The van der Waals surface area contributed by atoms with E-state index in [0.29, 0.717) is 6.04 Å². The number of rotatable bonds is 3. The van der Waals surface area contributed by atoms with Crippen molar-refractivity contribution in [3.63, 3.8) is 0 Å². The Morgan fingerprint density at radius 2 is 2.53 bits per heavy atom. The minimum atomic E-state index is 0.275. The van der Waals surface area contributed by atoms with Crippen LogP contribution in [-0.4, -0.2) is 42.1 Å². The topological polar surface area (TPSA) is 29.3 Å². The Morgan fingerprint density at radius 1 is 1.67 bits per heavy atom. The second-order valence-electron chi connectivity index (χ2n) is 4.12. The third-order valence-corrected chi connectivity index (χ3v) is 4.77. The first-order valence-electron chi connectivity index (χ1n) is 5.32. The molecule has 1 fully saturated rings. The highest BCUT2D eigenvalue weighted by molar-refractivity contribution is 7.99. The molecule has 1 aliphatic rings. The molecule has 0 amide bonds. The van der Waals surface area contributed by atoms with E-state index in [-0.39, 0.29) is 6.04 Å². The Hall–Kier alpha value is -0.0300. The van der Waals surface area contributed by atoms with E-state index >= 15 is 0 Å². The van der Waals surface area contributed by atoms with Gasteiger partial charge in [0.1, 0.15) is 0 Å². The number of nitrogens with zero attached hydrogens (tertiary/aromatic N) is 1. The fraction of sp³-hybridized carbons (Fsp3) is 0.636. The van der Waals surface area contributed by atoms with E-state index in [1.807, 2.05) is 11.8 Å². The summed E-state index contributed by atoms with van der Waals surface area (Å²) in [5.41, 5.74) is 7.67. The molecule has 0 aliphatic carbocycles. The summed E-state index contributed by atoms with van der Waals surface area (Å²) in [7, 11) is 2.19. The molecule has 1 saturated heterocycles. The molecule has 2 N–H and O–H groups in total. The van der Waals surface area contributed by atoms with Crippen LogP contribution >= 0.6 is 23.1 Å². The van der Waals surface area contributed by atoms with Crippen LogP contribution in [0.2, 0.25) is 0 Å². The fourth-order valence-corrected chi connectivity index (χ4v) is 3.98. The summed E-state index contributed by atoms with van der Waals surface area (Å²) in [6, 6.07) is 3.00. The van der Waals surface area contributed by atoms with Crippen LogP contribution in [0.4, 0.5) is 0 Å². The summed E-state index contributed by atoms with van der Waals surface area (Å²) < 4.78 is 0. The van der Waals surface area contributed by atoms with Crippen molar-refractivity contribution in [3.8, 4) is 0 Å². The van der Waals surface area contributed by atoms with Crippen molar-refractivity contribution in [1.29, 1.82) is 0 Å². The minimum absolute atomic E-state index is 0.275. The van der Waals surface area contributed by atoms with Gasteiger partial charge in [-0.15, -0.1) is 0 Å². The summed E-state index contributed by atoms with van der Waals surface area (Å²) in [5.74, 6) is 2.43. The number of thioether (sulfide) groups is 1. The van der Waals surface area contributed by atoms with E-state index in [4.69, 9.17) is 5.73 Å². The predicted octanol–water partition coefficient (Wildman–Crippen LogP) is 1.67.